The van der Waals surface area contributed by atoms with Crippen molar-refractivity contribution < 1.29 is 0 Å². The lowest BCUT2D eigenvalue weighted by Crippen LogP contribution is -2.47. The monoisotopic (exact) mass is 199 g/mol. The molecule has 1 aliphatic rings. The molecule has 14 heavy (non-hydrogen) atoms. The van der Waals surface area contributed by atoms with Crippen LogP contribution in [-0.4, -0.2) is 56.6 Å². The van der Waals surface area contributed by atoms with E-state index in [0.29, 0.717) is 0 Å². The Bertz CT molecular complexity index is 159. The van der Waals surface area contributed by atoms with E-state index in [1.165, 1.54) is 32.4 Å². The highest BCUT2D eigenvalue weighted by Crippen LogP contribution is 2.23. The number of piperidine rings is 1. The maximum atomic E-state index is 5.57. The number of nitrogens with zero attached hydrogens (tertiary/aromatic N) is 2. The van der Waals surface area contributed by atoms with Crippen LogP contribution in [0.15, 0.2) is 0 Å². The lowest BCUT2D eigenvalue weighted by atomic mass is 9.88. The molecule has 0 saturated carbocycles. The van der Waals surface area contributed by atoms with E-state index in [4.69, 9.17) is 5.73 Å². The SMILES string of the molecule is CN1CCC(N(C)C)C(CCCN)C1. The van der Waals surface area contributed by atoms with Crippen molar-refractivity contribution >= 4 is 0 Å². The molecular formula is C11H25N3. The lowest BCUT2D eigenvalue weighted by Gasteiger charge is -2.40. The van der Waals surface area contributed by atoms with Crippen LogP contribution in [-0.2, 0) is 0 Å². The highest BCUT2D eigenvalue weighted by atomic mass is 15.2. The molecule has 0 aromatic heterocycles. The largest absolute Gasteiger partial charge is 0.330 e. The molecule has 0 bridgehead atoms. The Labute approximate surface area is 88.2 Å². The van der Waals surface area contributed by atoms with Gasteiger partial charge in [-0.1, -0.05) is 0 Å². The van der Waals surface area contributed by atoms with Crippen LogP contribution in [0.5, 0.6) is 0 Å². The van der Waals surface area contributed by atoms with Gasteiger partial charge in [0.15, 0.2) is 0 Å². The van der Waals surface area contributed by atoms with Gasteiger partial charge in [-0.3, -0.25) is 0 Å². The lowest BCUT2D eigenvalue weighted by molar-refractivity contribution is 0.0947. The summed E-state index contributed by atoms with van der Waals surface area (Å²) in [6, 6.07) is 0.762. The molecule has 0 aliphatic carbocycles. The Kier molecular flexibility index (Phi) is 4.85. The second kappa shape index (κ2) is 5.69. The van der Waals surface area contributed by atoms with E-state index in [-0.39, 0.29) is 0 Å². The van der Waals surface area contributed by atoms with Gasteiger partial charge in [0.2, 0.25) is 0 Å². The Balaban J connectivity index is 2.45. The molecule has 3 nitrogen and oxygen atoms in total. The highest BCUT2D eigenvalue weighted by molar-refractivity contribution is 4.83. The molecule has 84 valence electrons. The maximum Gasteiger partial charge on any atom is 0.0142 e. The van der Waals surface area contributed by atoms with Gasteiger partial charge < -0.3 is 15.5 Å². The van der Waals surface area contributed by atoms with Crippen LogP contribution >= 0.6 is 0 Å². The summed E-state index contributed by atoms with van der Waals surface area (Å²) in [5, 5.41) is 0. The van der Waals surface area contributed by atoms with E-state index in [2.05, 4.69) is 30.9 Å². The summed E-state index contributed by atoms with van der Waals surface area (Å²) in [5.41, 5.74) is 5.57. The molecule has 1 heterocycles. The van der Waals surface area contributed by atoms with Gasteiger partial charge >= 0.3 is 0 Å². The second-order valence-electron chi connectivity index (χ2n) is 4.77. The fraction of sp³-hybridized carbons (Fsp3) is 1.00. The van der Waals surface area contributed by atoms with Crippen molar-refractivity contribution in [1.29, 1.82) is 0 Å². The van der Waals surface area contributed by atoms with E-state index in [9.17, 15) is 0 Å². The molecule has 2 atom stereocenters. The molecule has 0 aromatic carbocycles. The topological polar surface area (TPSA) is 32.5 Å². The Morgan fingerprint density at radius 2 is 2.14 bits per heavy atom. The summed E-state index contributed by atoms with van der Waals surface area (Å²) in [5.74, 6) is 0.812. The third-order valence-electron chi connectivity index (χ3n) is 3.34. The van der Waals surface area contributed by atoms with Crippen LogP contribution in [0.1, 0.15) is 19.3 Å². The molecule has 0 aromatic rings. The van der Waals surface area contributed by atoms with Crippen molar-refractivity contribution in [2.24, 2.45) is 11.7 Å². The Hall–Kier alpha value is -0.120. The molecule has 1 saturated heterocycles. The van der Waals surface area contributed by atoms with Crippen LogP contribution in [0.2, 0.25) is 0 Å². The van der Waals surface area contributed by atoms with Gasteiger partial charge in [-0.15, -0.1) is 0 Å². The normalized spacial score (nSPS) is 29.8. The third-order valence-corrected chi connectivity index (χ3v) is 3.34. The van der Waals surface area contributed by atoms with Crippen LogP contribution in [0.4, 0.5) is 0 Å². The van der Waals surface area contributed by atoms with Crippen molar-refractivity contribution in [3.63, 3.8) is 0 Å². The number of hydrogen-bond acceptors (Lipinski definition) is 3. The number of nitrogens with two attached hydrogens (primary N) is 1. The molecule has 1 aliphatic heterocycles. The average Bonchev–Trinajstić information content (AvgIpc) is 2.14. The van der Waals surface area contributed by atoms with E-state index in [1.54, 1.807) is 0 Å². The van der Waals surface area contributed by atoms with Gasteiger partial charge in [-0.2, -0.15) is 0 Å². The maximum absolute atomic E-state index is 5.57. The summed E-state index contributed by atoms with van der Waals surface area (Å²) in [4.78, 5) is 4.83. The third kappa shape index (κ3) is 3.23. The number of rotatable bonds is 4. The Morgan fingerprint density at radius 3 is 2.71 bits per heavy atom. The van der Waals surface area contributed by atoms with Crippen LogP contribution < -0.4 is 5.73 Å². The first-order valence-electron chi connectivity index (χ1n) is 5.70. The summed E-state index contributed by atoms with van der Waals surface area (Å²) in [6.45, 7) is 3.31. The molecule has 2 unspecified atom stereocenters. The zero-order chi connectivity index (χ0) is 10.6. The minimum absolute atomic E-state index is 0.762. The first kappa shape index (κ1) is 12.0. The predicted octanol–water partition coefficient (Wildman–Crippen LogP) is 0.607. The van der Waals surface area contributed by atoms with Crippen molar-refractivity contribution in [2.75, 3.05) is 40.8 Å². The van der Waals surface area contributed by atoms with E-state index < -0.39 is 0 Å². The van der Waals surface area contributed by atoms with Crippen molar-refractivity contribution in [1.82, 2.24) is 9.80 Å². The summed E-state index contributed by atoms with van der Waals surface area (Å²) >= 11 is 0. The standard InChI is InChI=1S/C11H25N3/c1-13(2)11-6-8-14(3)9-10(11)5-4-7-12/h10-11H,4-9,12H2,1-3H3. The Morgan fingerprint density at radius 1 is 1.43 bits per heavy atom. The van der Waals surface area contributed by atoms with E-state index in [1.807, 2.05) is 0 Å². The molecule has 1 rings (SSSR count). The van der Waals surface area contributed by atoms with Gasteiger partial charge in [0.05, 0.1) is 0 Å². The molecule has 1 fully saturated rings. The average molecular weight is 199 g/mol. The van der Waals surface area contributed by atoms with Crippen LogP contribution in [0, 0.1) is 5.92 Å². The van der Waals surface area contributed by atoms with Crippen molar-refractivity contribution in [3.8, 4) is 0 Å². The van der Waals surface area contributed by atoms with Gasteiger partial charge in [-0.05, 0) is 59.4 Å². The van der Waals surface area contributed by atoms with E-state index in [0.717, 1.165) is 18.5 Å². The zero-order valence-electron chi connectivity index (χ0n) is 9.87. The van der Waals surface area contributed by atoms with Gasteiger partial charge in [0.1, 0.15) is 0 Å². The molecule has 3 heteroatoms. The first-order chi connectivity index (χ1) is 6.65. The van der Waals surface area contributed by atoms with Crippen molar-refractivity contribution in [2.45, 2.75) is 25.3 Å². The molecule has 0 radical (unpaired) electrons. The molecular weight excluding hydrogens is 174 g/mol. The highest BCUT2D eigenvalue weighted by Gasteiger charge is 2.28. The second-order valence-corrected chi connectivity index (χ2v) is 4.77. The predicted molar refractivity (Wildman–Crippen MR) is 61.4 cm³/mol. The van der Waals surface area contributed by atoms with Crippen molar-refractivity contribution in [3.05, 3.63) is 0 Å². The summed E-state index contributed by atoms with van der Waals surface area (Å²) < 4.78 is 0. The van der Waals surface area contributed by atoms with Gasteiger partial charge in [0, 0.05) is 12.6 Å². The smallest absolute Gasteiger partial charge is 0.0142 e. The quantitative estimate of drug-likeness (QED) is 0.720. The van der Waals surface area contributed by atoms with Gasteiger partial charge in [0.25, 0.3) is 0 Å². The molecule has 0 amide bonds. The summed E-state index contributed by atoms with van der Waals surface area (Å²) in [6.07, 6.45) is 3.76. The van der Waals surface area contributed by atoms with Crippen LogP contribution in [0.25, 0.3) is 0 Å². The summed E-state index contributed by atoms with van der Waals surface area (Å²) in [7, 11) is 6.62. The zero-order valence-corrected chi connectivity index (χ0v) is 9.87. The number of hydrogen-bond donors (Lipinski definition) is 1. The first-order valence-corrected chi connectivity index (χ1v) is 5.70. The van der Waals surface area contributed by atoms with Crippen LogP contribution in [0.3, 0.4) is 0 Å². The minimum atomic E-state index is 0.762. The minimum Gasteiger partial charge on any atom is -0.330 e. The van der Waals surface area contributed by atoms with E-state index >= 15 is 0 Å². The fourth-order valence-electron chi connectivity index (χ4n) is 2.55. The molecule has 2 N–H and O–H groups in total. The molecule has 0 spiro atoms. The number of likely N-dealkylation sites (tertiary alicyclic amines) is 1. The fourth-order valence-corrected chi connectivity index (χ4v) is 2.55. The van der Waals surface area contributed by atoms with Gasteiger partial charge in [-0.25, -0.2) is 0 Å².